The minimum absolute atomic E-state index is 0.142. The monoisotopic (exact) mass is 198 g/mol. The van der Waals surface area contributed by atoms with Crippen molar-refractivity contribution in [2.75, 3.05) is 6.54 Å². The van der Waals surface area contributed by atoms with Gasteiger partial charge in [-0.1, -0.05) is 13.8 Å². The van der Waals surface area contributed by atoms with Crippen LogP contribution in [0.2, 0.25) is 0 Å². The van der Waals surface area contributed by atoms with Gasteiger partial charge in [0, 0.05) is 12.6 Å². The van der Waals surface area contributed by atoms with E-state index in [1.807, 2.05) is 4.90 Å². The molecule has 1 aliphatic rings. The van der Waals surface area contributed by atoms with Gasteiger partial charge in [0.25, 0.3) is 0 Å². The molecule has 1 fully saturated rings. The lowest BCUT2D eigenvalue weighted by molar-refractivity contribution is -0.133. The van der Waals surface area contributed by atoms with E-state index < -0.39 is 0 Å². The molecule has 1 heterocycles. The van der Waals surface area contributed by atoms with Crippen LogP contribution in [0.3, 0.4) is 0 Å². The Hall–Kier alpha value is -0.570. The van der Waals surface area contributed by atoms with E-state index in [-0.39, 0.29) is 11.9 Å². The summed E-state index contributed by atoms with van der Waals surface area (Å²) >= 11 is 0. The number of hydrogen-bond acceptors (Lipinski definition) is 2. The Morgan fingerprint density at radius 1 is 1.57 bits per heavy atom. The summed E-state index contributed by atoms with van der Waals surface area (Å²) in [5.41, 5.74) is 5.87. The van der Waals surface area contributed by atoms with Crippen molar-refractivity contribution in [1.29, 1.82) is 0 Å². The largest absolute Gasteiger partial charge is 0.339 e. The van der Waals surface area contributed by atoms with Crippen molar-refractivity contribution in [1.82, 2.24) is 4.90 Å². The van der Waals surface area contributed by atoms with Crippen LogP contribution in [-0.4, -0.2) is 29.4 Å². The first kappa shape index (κ1) is 11.5. The Labute approximate surface area is 86.6 Å². The summed E-state index contributed by atoms with van der Waals surface area (Å²) in [4.78, 5) is 13.8. The molecule has 1 saturated heterocycles. The second kappa shape index (κ2) is 4.78. The molecule has 0 aliphatic carbocycles. The molecule has 82 valence electrons. The molecule has 1 rings (SSSR count). The molecule has 3 heteroatoms. The fourth-order valence-corrected chi connectivity index (χ4v) is 2.08. The third-order valence-corrected chi connectivity index (χ3v) is 2.88. The van der Waals surface area contributed by atoms with Gasteiger partial charge in [0.15, 0.2) is 0 Å². The number of likely N-dealkylation sites (tertiary alicyclic amines) is 1. The van der Waals surface area contributed by atoms with Crippen LogP contribution in [-0.2, 0) is 4.79 Å². The minimum atomic E-state index is -0.296. The van der Waals surface area contributed by atoms with Gasteiger partial charge >= 0.3 is 0 Å². The topological polar surface area (TPSA) is 46.3 Å². The molecule has 3 nitrogen and oxygen atoms in total. The van der Waals surface area contributed by atoms with Gasteiger partial charge in [-0.3, -0.25) is 4.79 Å². The van der Waals surface area contributed by atoms with E-state index in [2.05, 4.69) is 20.8 Å². The van der Waals surface area contributed by atoms with Gasteiger partial charge in [-0.25, -0.2) is 0 Å². The Morgan fingerprint density at radius 2 is 2.21 bits per heavy atom. The molecule has 0 saturated carbocycles. The van der Waals surface area contributed by atoms with E-state index in [4.69, 9.17) is 5.73 Å². The molecule has 0 aromatic carbocycles. The highest BCUT2D eigenvalue weighted by molar-refractivity contribution is 5.82. The van der Waals surface area contributed by atoms with Gasteiger partial charge in [0.2, 0.25) is 5.91 Å². The molecule has 2 N–H and O–H groups in total. The number of carbonyl (C=O) groups excluding carboxylic acids is 1. The lowest BCUT2D eigenvalue weighted by Gasteiger charge is -2.25. The van der Waals surface area contributed by atoms with Gasteiger partial charge in [-0.05, 0) is 32.1 Å². The van der Waals surface area contributed by atoms with Gasteiger partial charge < -0.3 is 10.6 Å². The van der Waals surface area contributed by atoms with Gasteiger partial charge in [0.1, 0.15) is 0 Å². The van der Waals surface area contributed by atoms with Crippen LogP contribution in [0.25, 0.3) is 0 Å². The summed E-state index contributed by atoms with van der Waals surface area (Å²) in [5, 5.41) is 0. The normalized spacial score (nSPS) is 24.4. The van der Waals surface area contributed by atoms with Crippen LogP contribution in [0.15, 0.2) is 0 Å². The highest BCUT2D eigenvalue weighted by Gasteiger charge is 2.28. The predicted molar refractivity (Wildman–Crippen MR) is 57.8 cm³/mol. The molecule has 2 unspecified atom stereocenters. The first-order valence-electron chi connectivity index (χ1n) is 5.58. The van der Waals surface area contributed by atoms with E-state index >= 15 is 0 Å². The number of carbonyl (C=O) groups is 1. The second-order valence-corrected chi connectivity index (χ2v) is 4.76. The number of nitrogens with two attached hydrogens (primary N) is 1. The highest BCUT2D eigenvalue weighted by atomic mass is 16.2. The fourth-order valence-electron chi connectivity index (χ4n) is 2.08. The Bertz CT molecular complexity index is 203. The molecule has 0 bridgehead atoms. The number of nitrogens with zero attached hydrogens (tertiary/aromatic N) is 1. The first-order valence-corrected chi connectivity index (χ1v) is 5.58. The Balaban J connectivity index is 2.47. The average Bonchev–Trinajstić information content (AvgIpc) is 2.48. The minimum Gasteiger partial charge on any atom is -0.339 e. The van der Waals surface area contributed by atoms with E-state index in [1.54, 1.807) is 0 Å². The van der Waals surface area contributed by atoms with E-state index in [9.17, 15) is 4.79 Å². The maximum absolute atomic E-state index is 11.9. The van der Waals surface area contributed by atoms with E-state index in [0.29, 0.717) is 12.0 Å². The summed E-state index contributed by atoms with van der Waals surface area (Å²) in [6.45, 7) is 7.19. The molecule has 2 atom stereocenters. The van der Waals surface area contributed by atoms with E-state index in [0.717, 1.165) is 25.8 Å². The first-order chi connectivity index (χ1) is 6.52. The van der Waals surface area contributed by atoms with Crippen LogP contribution in [0, 0.1) is 5.92 Å². The number of hydrogen-bond donors (Lipinski definition) is 1. The second-order valence-electron chi connectivity index (χ2n) is 4.76. The third kappa shape index (κ3) is 2.71. The summed E-state index contributed by atoms with van der Waals surface area (Å²) in [6.07, 6.45) is 3.05. The van der Waals surface area contributed by atoms with Crippen LogP contribution >= 0.6 is 0 Å². The quantitative estimate of drug-likeness (QED) is 0.744. The fraction of sp³-hybridized carbons (Fsp3) is 0.909. The van der Waals surface area contributed by atoms with Crippen LogP contribution in [0.5, 0.6) is 0 Å². The highest BCUT2D eigenvalue weighted by Crippen LogP contribution is 2.18. The van der Waals surface area contributed by atoms with Crippen LogP contribution in [0.4, 0.5) is 0 Å². The molecule has 14 heavy (non-hydrogen) atoms. The summed E-state index contributed by atoms with van der Waals surface area (Å²) in [6, 6.07) is 0.0938. The summed E-state index contributed by atoms with van der Waals surface area (Å²) in [5.74, 6) is 0.635. The third-order valence-electron chi connectivity index (χ3n) is 2.88. The van der Waals surface area contributed by atoms with Crippen molar-refractivity contribution in [3.8, 4) is 0 Å². The lowest BCUT2D eigenvalue weighted by Crippen LogP contribution is -2.45. The SMILES string of the molecule is CC(C)CC(N)C(=O)N1CCCC1C. The van der Waals surface area contributed by atoms with Crippen molar-refractivity contribution in [2.24, 2.45) is 11.7 Å². The maximum atomic E-state index is 11.9. The zero-order valence-corrected chi connectivity index (χ0v) is 9.49. The number of amides is 1. The van der Waals surface area contributed by atoms with Crippen LogP contribution in [0.1, 0.15) is 40.0 Å². The number of rotatable bonds is 3. The lowest BCUT2D eigenvalue weighted by atomic mass is 10.0. The molecule has 0 aromatic heterocycles. The zero-order valence-electron chi connectivity index (χ0n) is 9.49. The van der Waals surface area contributed by atoms with Crippen molar-refractivity contribution in [2.45, 2.75) is 52.1 Å². The van der Waals surface area contributed by atoms with Crippen molar-refractivity contribution in [3.63, 3.8) is 0 Å². The van der Waals surface area contributed by atoms with Gasteiger partial charge in [-0.2, -0.15) is 0 Å². The predicted octanol–water partition coefficient (Wildman–Crippen LogP) is 1.37. The molecule has 1 amide bonds. The molecule has 0 radical (unpaired) electrons. The van der Waals surface area contributed by atoms with Gasteiger partial charge in [0.05, 0.1) is 6.04 Å². The average molecular weight is 198 g/mol. The molecule has 1 aliphatic heterocycles. The zero-order chi connectivity index (χ0) is 10.7. The molecular weight excluding hydrogens is 176 g/mol. The molecular formula is C11H22N2O. The summed E-state index contributed by atoms with van der Waals surface area (Å²) < 4.78 is 0. The standard InChI is InChI=1S/C11H22N2O/c1-8(2)7-10(12)11(14)13-6-4-5-9(13)3/h8-10H,4-7,12H2,1-3H3. The van der Waals surface area contributed by atoms with Crippen molar-refractivity contribution in [3.05, 3.63) is 0 Å². The molecule has 0 aromatic rings. The Morgan fingerprint density at radius 3 is 2.64 bits per heavy atom. The Kier molecular flexibility index (Phi) is 3.93. The maximum Gasteiger partial charge on any atom is 0.239 e. The summed E-state index contributed by atoms with van der Waals surface area (Å²) in [7, 11) is 0. The van der Waals surface area contributed by atoms with Gasteiger partial charge in [-0.15, -0.1) is 0 Å². The van der Waals surface area contributed by atoms with Crippen molar-refractivity contribution >= 4 is 5.91 Å². The van der Waals surface area contributed by atoms with Crippen molar-refractivity contribution < 1.29 is 4.79 Å². The smallest absolute Gasteiger partial charge is 0.239 e. The molecule has 0 spiro atoms. The van der Waals surface area contributed by atoms with E-state index in [1.165, 1.54) is 0 Å². The van der Waals surface area contributed by atoms with Crippen LogP contribution < -0.4 is 5.73 Å².